The molecule has 124 valence electrons. The van der Waals surface area contributed by atoms with E-state index in [1.807, 2.05) is 0 Å². The number of nitro groups is 1. The van der Waals surface area contributed by atoms with Crippen LogP contribution in [0.5, 0.6) is 5.75 Å². The molecule has 7 nitrogen and oxygen atoms in total. The molecule has 3 rings (SSSR count). The van der Waals surface area contributed by atoms with Crippen molar-refractivity contribution in [2.24, 2.45) is 11.3 Å². The number of benzene rings is 1. The number of ether oxygens (including phenoxy) is 1. The summed E-state index contributed by atoms with van der Waals surface area (Å²) in [6, 6.07) is 6.10. The lowest BCUT2D eigenvalue weighted by molar-refractivity contribution is -0.384. The van der Waals surface area contributed by atoms with Gasteiger partial charge in [-0.05, 0) is 24.8 Å². The van der Waals surface area contributed by atoms with Gasteiger partial charge >= 0.3 is 5.97 Å². The molecule has 1 heterocycles. The van der Waals surface area contributed by atoms with Gasteiger partial charge in [-0.15, -0.1) is 0 Å². The smallest absolute Gasteiger partial charge is 0.311 e. The topological polar surface area (TPSA) is 92.9 Å². The first-order valence-corrected chi connectivity index (χ1v) is 7.84. The molecule has 1 saturated carbocycles. The summed E-state index contributed by atoms with van der Waals surface area (Å²) in [4.78, 5) is 24.0. The first kappa shape index (κ1) is 15.7. The number of carboxylic acid groups (broad SMARTS) is 1. The second-order valence-electron chi connectivity index (χ2n) is 6.39. The number of hydrogen-bond donors (Lipinski definition) is 1. The highest BCUT2D eigenvalue weighted by atomic mass is 16.6. The first-order chi connectivity index (χ1) is 11.0. The van der Waals surface area contributed by atoms with Crippen LogP contribution >= 0.6 is 0 Å². The fourth-order valence-electron chi connectivity index (χ4n) is 3.89. The maximum Gasteiger partial charge on any atom is 0.311 e. The highest BCUT2D eigenvalue weighted by molar-refractivity contribution is 5.76. The highest BCUT2D eigenvalue weighted by Gasteiger charge is 2.54. The summed E-state index contributed by atoms with van der Waals surface area (Å²) in [5.74, 6) is 0.0199. The number of hydrogen-bond acceptors (Lipinski definition) is 5. The van der Waals surface area contributed by atoms with Crippen molar-refractivity contribution in [1.29, 1.82) is 0 Å². The minimum absolute atomic E-state index is 0.00281. The minimum atomic E-state index is -0.679. The third-order valence-corrected chi connectivity index (χ3v) is 5.07. The maximum absolute atomic E-state index is 11.6. The maximum atomic E-state index is 11.6. The van der Waals surface area contributed by atoms with E-state index in [9.17, 15) is 20.0 Å². The van der Waals surface area contributed by atoms with E-state index in [4.69, 9.17) is 4.74 Å². The fraction of sp³-hybridized carbons (Fsp3) is 0.562. The SMILES string of the molecule is O=C(O)[C@@]12CCC[C@H]1CN(CCOc1cccc([N+](=O)[O-])c1)C2. The molecule has 2 atom stereocenters. The summed E-state index contributed by atoms with van der Waals surface area (Å²) < 4.78 is 5.58. The van der Waals surface area contributed by atoms with Crippen LogP contribution in [-0.2, 0) is 4.79 Å². The van der Waals surface area contributed by atoms with Gasteiger partial charge in [0.25, 0.3) is 5.69 Å². The number of non-ortho nitro benzene ring substituents is 1. The van der Waals surface area contributed by atoms with Gasteiger partial charge in [0, 0.05) is 25.7 Å². The summed E-state index contributed by atoms with van der Waals surface area (Å²) in [6.07, 6.45) is 2.73. The van der Waals surface area contributed by atoms with Gasteiger partial charge in [-0.2, -0.15) is 0 Å². The lowest BCUT2D eigenvalue weighted by Gasteiger charge is -2.23. The number of fused-ring (bicyclic) bond motifs is 1. The molecule has 0 bridgehead atoms. The van der Waals surface area contributed by atoms with Crippen molar-refractivity contribution in [3.63, 3.8) is 0 Å². The third kappa shape index (κ3) is 3.01. The van der Waals surface area contributed by atoms with Gasteiger partial charge < -0.3 is 9.84 Å². The van der Waals surface area contributed by atoms with Crippen molar-refractivity contribution >= 4 is 11.7 Å². The predicted octanol–water partition coefficient (Wildman–Crippen LogP) is 2.16. The molecule has 1 aliphatic heterocycles. The largest absolute Gasteiger partial charge is 0.492 e. The second-order valence-corrected chi connectivity index (χ2v) is 6.39. The van der Waals surface area contributed by atoms with E-state index in [-0.39, 0.29) is 11.6 Å². The zero-order valence-electron chi connectivity index (χ0n) is 12.8. The standard InChI is InChI=1S/C16H20N2O5/c19-15(20)16-6-2-3-12(16)10-17(11-16)7-8-23-14-5-1-4-13(9-14)18(21)22/h1,4-5,9,12H,2-3,6-8,10-11H2,(H,19,20)/t12-,16+/m0/s1. The first-order valence-electron chi connectivity index (χ1n) is 7.84. The van der Waals surface area contributed by atoms with Crippen molar-refractivity contribution in [3.05, 3.63) is 34.4 Å². The predicted molar refractivity (Wildman–Crippen MR) is 82.4 cm³/mol. The molecule has 0 amide bonds. The molecular weight excluding hydrogens is 300 g/mol. The van der Waals surface area contributed by atoms with E-state index in [2.05, 4.69) is 4.90 Å². The molecule has 0 unspecified atom stereocenters. The van der Waals surface area contributed by atoms with Crippen molar-refractivity contribution in [2.45, 2.75) is 19.3 Å². The summed E-state index contributed by atoms with van der Waals surface area (Å²) >= 11 is 0. The molecule has 0 radical (unpaired) electrons. The van der Waals surface area contributed by atoms with Crippen molar-refractivity contribution in [2.75, 3.05) is 26.2 Å². The van der Waals surface area contributed by atoms with Gasteiger partial charge in [0.2, 0.25) is 0 Å². The average Bonchev–Trinajstić information content (AvgIpc) is 3.05. The summed E-state index contributed by atoms with van der Waals surface area (Å²) in [6.45, 7) is 2.40. The Morgan fingerprint density at radius 1 is 1.52 bits per heavy atom. The molecule has 7 heteroatoms. The number of nitro benzene ring substituents is 1. The molecule has 2 aliphatic rings. The van der Waals surface area contributed by atoms with E-state index >= 15 is 0 Å². The number of likely N-dealkylation sites (tertiary alicyclic amines) is 1. The van der Waals surface area contributed by atoms with E-state index in [0.29, 0.717) is 25.4 Å². The van der Waals surface area contributed by atoms with Crippen LogP contribution in [0.25, 0.3) is 0 Å². The second kappa shape index (κ2) is 6.16. The van der Waals surface area contributed by atoms with E-state index in [1.165, 1.54) is 12.1 Å². The van der Waals surface area contributed by atoms with E-state index < -0.39 is 16.3 Å². The molecule has 1 N–H and O–H groups in total. The molecule has 2 fully saturated rings. The van der Waals surface area contributed by atoms with Gasteiger partial charge in [0.15, 0.2) is 0 Å². The Morgan fingerprint density at radius 3 is 3.04 bits per heavy atom. The Hall–Kier alpha value is -2.15. The summed E-state index contributed by atoms with van der Waals surface area (Å²) in [7, 11) is 0. The van der Waals surface area contributed by atoms with E-state index in [0.717, 1.165) is 25.8 Å². The van der Waals surface area contributed by atoms with Gasteiger partial charge in [-0.3, -0.25) is 19.8 Å². The number of carboxylic acids is 1. The van der Waals surface area contributed by atoms with Gasteiger partial charge in [0.05, 0.1) is 16.4 Å². The Morgan fingerprint density at radius 2 is 2.35 bits per heavy atom. The molecule has 1 saturated heterocycles. The van der Waals surface area contributed by atoms with Crippen LogP contribution in [0.15, 0.2) is 24.3 Å². The van der Waals surface area contributed by atoms with Crippen molar-refractivity contribution < 1.29 is 19.6 Å². The Balaban J connectivity index is 1.53. The quantitative estimate of drug-likeness (QED) is 0.638. The lowest BCUT2D eigenvalue weighted by Crippen LogP contribution is -2.36. The highest BCUT2D eigenvalue weighted by Crippen LogP contribution is 2.48. The molecular formula is C16H20N2O5. The van der Waals surface area contributed by atoms with Crippen LogP contribution in [0.3, 0.4) is 0 Å². The van der Waals surface area contributed by atoms with E-state index in [1.54, 1.807) is 12.1 Å². The van der Waals surface area contributed by atoms with Crippen LogP contribution in [0.4, 0.5) is 5.69 Å². The van der Waals surface area contributed by atoms with Gasteiger partial charge in [-0.1, -0.05) is 12.5 Å². The Labute approximate surface area is 134 Å². The van der Waals surface area contributed by atoms with Crippen LogP contribution in [0.2, 0.25) is 0 Å². The van der Waals surface area contributed by atoms with Gasteiger partial charge in [0.1, 0.15) is 12.4 Å². The van der Waals surface area contributed by atoms with Crippen molar-refractivity contribution in [1.82, 2.24) is 4.90 Å². The Bertz CT molecular complexity index is 620. The molecule has 0 aromatic heterocycles. The normalized spacial score (nSPS) is 26.9. The average molecular weight is 320 g/mol. The molecule has 1 aromatic carbocycles. The zero-order chi connectivity index (χ0) is 16.4. The molecule has 23 heavy (non-hydrogen) atoms. The van der Waals surface area contributed by atoms with Crippen LogP contribution in [0.1, 0.15) is 19.3 Å². The summed E-state index contributed by atoms with van der Waals surface area (Å²) in [5.41, 5.74) is -0.575. The molecule has 1 aromatic rings. The minimum Gasteiger partial charge on any atom is -0.492 e. The number of nitrogens with zero attached hydrogens (tertiary/aromatic N) is 2. The Kier molecular flexibility index (Phi) is 4.21. The number of aliphatic carboxylic acids is 1. The van der Waals surface area contributed by atoms with Crippen molar-refractivity contribution in [3.8, 4) is 5.75 Å². The number of rotatable bonds is 6. The van der Waals surface area contributed by atoms with Crippen LogP contribution < -0.4 is 4.74 Å². The van der Waals surface area contributed by atoms with Crippen LogP contribution in [0, 0.1) is 21.4 Å². The zero-order valence-corrected chi connectivity index (χ0v) is 12.8. The lowest BCUT2D eigenvalue weighted by atomic mass is 9.81. The monoisotopic (exact) mass is 320 g/mol. The van der Waals surface area contributed by atoms with Gasteiger partial charge in [-0.25, -0.2) is 0 Å². The fourth-order valence-corrected chi connectivity index (χ4v) is 3.89. The molecule has 0 spiro atoms. The van der Waals surface area contributed by atoms with Crippen LogP contribution in [-0.4, -0.2) is 47.1 Å². The summed E-state index contributed by atoms with van der Waals surface area (Å²) in [5, 5.41) is 20.3. The third-order valence-electron chi connectivity index (χ3n) is 5.07. The number of carbonyl (C=O) groups is 1. The molecule has 1 aliphatic carbocycles.